The average Bonchev–Trinajstić information content (AvgIpc) is 2.36. The van der Waals surface area contributed by atoms with Crippen molar-refractivity contribution in [1.29, 1.82) is 0 Å². The van der Waals surface area contributed by atoms with Crippen LogP contribution in [0.25, 0.3) is 0 Å². The highest BCUT2D eigenvalue weighted by atomic mass is 32.2. The Morgan fingerprint density at radius 2 is 1.78 bits per heavy atom. The van der Waals surface area contributed by atoms with Crippen LogP contribution in [-0.2, 0) is 21.1 Å². The fourth-order valence-corrected chi connectivity index (χ4v) is 2.33. The number of sulfone groups is 1. The van der Waals surface area contributed by atoms with E-state index in [1.54, 1.807) is 19.1 Å². The van der Waals surface area contributed by atoms with Crippen LogP contribution < -0.4 is 5.73 Å². The molecule has 0 saturated carbocycles. The van der Waals surface area contributed by atoms with Crippen molar-refractivity contribution in [3.8, 4) is 0 Å². The normalized spacial score (nSPS) is 11.4. The first-order valence-corrected chi connectivity index (χ1v) is 7.81. The Bertz CT molecular complexity index is 491. The van der Waals surface area contributed by atoms with Crippen LogP contribution >= 0.6 is 0 Å². The molecule has 0 amide bonds. The molecular formula is C13H19NO3S. The number of rotatable bonds is 7. The highest BCUT2D eigenvalue weighted by molar-refractivity contribution is 7.91. The quantitative estimate of drug-likeness (QED) is 0.763. The molecule has 0 atom stereocenters. The van der Waals surface area contributed by atoms with Crippen LogP contribution in [0.5, 0.6) is 0 Å². The van der Waals surface area contributed by atoms with Crippen LogP contribution in [0, 0.1) is 0 Å². The Morgan fingerprint density at radius 3 is 2.33 bits per heavy atom. The number of carbonyl (C=O) groups excluding carboxylic acids is 1. The predicted molar refractivity (Wildman–Crippen MR) is 73.1 cm³/mol. The highest BCUT2D eigenvalue weighted by Crippen LogP contribution is 2.09. The summed E-state index contributed by atoms with van der Waals surface area (Å²) in [6.07, 6.45) is 1.12. The van der Waals surface area contributed by atoms with Gasteiger partial charge >= 0.3 is 0 Å². The van der Waals surface area contributed by atoms with E-state index in [1.807, 2.05) is 12.1 Å². The molecule has 5 heteroatoms. The number of aryl methyl sites for hydroxylation is 1. The summed E-state index contributed by atoms with van der Waals surface area (Å²) in [5.41, 5.74) is 7.29. The van der Waals surface area contributed by atoms with Crippen molar-refractivity contribution in [3.05, 3.63) is 29.8 Å². The number of hydrogen-bond acceptors (Lipinski definition) is 4. The molecule has 0 aliphatic heterocycles. The molecule has 0 aliphatic rings. The van der Waals surface area contributed by atoms with Crippen LogP contribution in [0.4, 0.5) is 5.69 Å². The smallest absolute Gasteiger partial charge is 0.150 e. The van der Waals surface area contributed by atoms with E-state index < -0.39 is 9.84 Å². The summed E-state index contributed by atoms with van der Waals surface area (Å²) in [5, 5.41) is 0. The van der Waals surface area contributed by atoms with Gasteiger partial charge in [-0.1, -0.05) is 19.1 Å². The maximum absolute atomic E-state index is 11.6. The molecule has 18 heavy (non-hydrogen) atoms. The minimum atomic E-state index is -3.04. The maximum atomic E-state index is 11.6. The van der Waals surface area contributed by atoms with Crippen LogP contribution in [0.1, 0.15) is 25.3 Å². The number of Topliss-reactive ketones (excluding diaryl/α,β-unsaturated/α-hetero) is 1. The summed E-state index contributed by atoms with van der Waals surface area (Å²) < 4.78 is 22.5. The molecule has 0 heterocycles. The van der Waals surface area contributed by atoms with E-state index in [0.717, 1.165) is 5.56 Å². The molecule has 100 valence electrons. The Hall–Kier alpha value is -1.36. The monoisotopic (exact) mass is 269 g/mol. The molecule has 0 saturated heterocycles. The van der Waals surface area contributed by atoms with E-state index in [4.69, 9.17) is 5.73 Å². The Labute approximate surface area is 108 Å². The van der Waals surface area contributed by atoms with Crippen molar-refractivity contribution in [1.82, 2.24) is 0 Å². The minimum absolute atomic E-state index is 0.0103. The molecule has 1 aromatic rings. The predicted octanol–water partition coefficient (Wildman–Crippen LogP) is 1.60. The third-order valence-corrected chi connectivity index (χ3v) is 4.51. The van der Waals surface area contributed by atoms with Gasteiger partial charge in [-0.2, -0.15) is 0 Å². The minimum Gasteiger partial charge on any atom is -0.399 e. The molecule has 0 spiro atoms. The summed E-state index contributed by atoms with van der Waals surface area (Å²) in [5.74, 6) is 0.0475. The molecule has 0 aromatic heterocycles. The Morgan fingerprint density at radius 1 is 1.17 bits per heavy atom. The Balaban J connectivity index is 2.36. The van der Waals surface area contributed by atoms with Gasteiger partial charge in [0.25, 0.3) is 0 Å². The summed E-state index contributed by atoms with van der Waals surface area (Å²) in [7, 11) is -3.04. The van der Waals surface area contributed by atoms with Crippen molar-refractivity contribution in [2.75, 3.05) is 17.2 Å². The molecule has 4 nitrogen and oxygen atoms in total. The standard InChI is InChI=1S/C13H19NO3S/c1-2-18(16,17)10-9-13(15)8-5-11-3-6-12(14)7-4-11/h3-4,6-7H,2,5,8-10,14H2,1H3. The Kier molecular flexibility index (Phi) is 5.34. The van der Waals surface area contributed by atoms with Crippen LogP contribution in [0.2, 0.25) is 0 Å². The van der Waals surface area contributed by atoms with Gasteiger partial charge in [-0.15, -0.1) is 0 Å². The molecule has 0 unspecified atom stereocenters. The van der Waals surface area contributed by atoms with Gasteiger partial charge in [0.2, 0.25) is 0 Å². The van der Waals surface area contributed by atoms with Crippen molar-refractivity contribution in [2.24, 2.45) is 0 Å². The molecule has 0 bridgehead atoms. The summed E-state index contributed by atoms with van der Waals surface area (Å²) in [4.78, 5) is 11.6. The number of ketones is 1. The average molecular weight is 269 g/mol. The van der Waals surface area contributed by atoms with Crippen LogP contribution in [0.15, 0.2) is 24.3 Å². The van der Waals surface area contributed by atoms with Crippen molar-refractivity contribution in [2.45, 2.75) is 26.2 Å². The van der Waals surface area contributed by atoms with Crippen LogP contribution in [-0.4, -0.2) is 25.7 Å². The second-order valence-electron chi connectivity index (χ2n) is 4.27. The molecule has 2 N–H and O–H groups in total. The summed E-state index contributed by atoms with van der Waals surface area (Å²) in [6, 6.07) is 7.35. The second kappa shape index (κ2) is 6.54. The first-order valence-electron chi connectivity index (χ1n) is 5.99. The molecule has 1 aromatic carbocycles. The zero-order chi connectivity index (χ0) is 13.6. The number of nitrogens with two attached hydrogens (primary N) is 1. The zero-order valence-electron chi connectivity index (χ0n) is 10.6. The highest BCUT2D eigenvalue weighted by Gasteiger charge is 2.11. The lowest BCUT2D eigenvalue weighted by molar-refractivity contribution is -0.118. The van der Waals surface area contributed by atoms with Gasteiger partial charge in [-0.05, 0) is 24.1 Å². The third kappa shape index (κ3) is 5.31. The number of carbonyl (C=O) groups is 1. The molecule has 0 radical (unpaired) electrons. The van der Waals surface area contributed by atoms with Crippen molar-refractivity contribution in [3.63, 3.8) is 0 Å². The molecular weight excluding hydrogens is 250 g/mol. The van der Waals surface area contributed by atoms with Gasteiger partial charge in [0, 0.05) is 24.3 Å². The largest absolute Gasteiger partial charge is 0.399 e. The SMILES string of the molecule is CCS(=O)(=O)CCC(=O)CCc1ccc(N)cc1. The van der Waals surface area contributed by atoms with E-state index >= 15 is 0 Å². The number of nitrogen functional groups attached to an aromatic ring is 1. The second-order valence-corrected chi connectivity index (χ2v) is 6.74. The van der Waals surface area contributed by atoms with Crippen molar-refractivity contribution < 1.29 is 13.2 Å². The van der Waals surface area contributed by atoms with E-state index in [1.165, 1.54) is 0 Å². The number of anilines is 1. The first-order chi connectivity index (χ1) is 8.43. The van der Waals surface area contributed by atoms with E-state index in [-0.39, 0.29) is 23.7 Å². The first kappa shape index (κ1) is 14.7. The topological polar surface area (TPSA) is 77.2 Å². The zero-order valence-corrected chi connectivity index (χ0v) is 11.4. The lowest BCUT2D eigenvalue weighted by Gasteiger charge is -2.03. The van der Waals surface area contributed by atoms with Gasteiger partial charge in [-0.3, -0.25) is 4.79 Å². The van der Waals surface area contributed by atoms with Gasteiger partial charge in [0.05, 0.1) is 5.75 Å². The van der Waals surface area contributed by atoms with E-state index in [9.17, 15) is 13.2 Å². The van der Waals surface area contributed by atoms with Gasteiger partial charge < -0.3 is 5.73 Å². The summed E-state index contributed by atoms with van der Waals surface area (Å²) in [6.45, 7) is 1.59. The summed E-state index contributed by atoms with van der Waals surface area (Å²) >= 11 is 0. The van der Waals surface area contributed by atoms with E-state index in [2.05, 4.69) is 0 Å². The number of benzene rings is 1. The van der Waals surface area contributed by atoms with Crippen LogP contribution in [0.3, 0.4) is 0 Å². The maximum Gasteiger partial charge on any atom is 0.150 e. The van der Waals surface area contributed by atoms with Gasteiger partial charge in [0.15, 0.2) is 0 Å². The van der Waals surface area contributed by atoms with Gasteiger partial charge in [-0.25, -0.2) is 8.42 Å². The third-order valence-electron chi connectivity index (χ3n) is 2.80. The lowest BCUT2D eigenvalue weighted by atomic mass is 10.1. The molecule has 0 fully saturated rings. The van der Waals surface area contributed by atoms with Gasteiger partial charge in [0.1, 0.15) is 15.6 Å². The molecule has 0 aliphatic carbocycles. The fraction of sp³-hybridized carbons (Fsp3) is 0.462. The lowest BCUT2D eigenvalue weighted by Crippen LogP contribution is -2.13. The fourth-order valence-electron chi connectivity index (χ4n) is 1.51. The molecule has 1 rings (SSSR count). The van der Waals surface area contributed by atoms with E-state index in [0.29, 0.717) is 18.5 Å². The number of hydrogen-bond donors (Lipinski definition) is 1. The van der Waals surface area contributed by atoms with Crippen molar-refractivity contribution >= 4 is 21.3 Å².